The predicted octanol–water partition coefficient (Wildman–Crippen LogP) is 2.48. The Kier molecular flexibility index (Phi) is 5.96. The fourth-order valence-corrected chi connectivity index (χ4v) is 5.70. The van der Waals surface area contributed by atoms with Crippen LogP contribution in [0.15, 0.2) is 29.7 Å². The summed E-state index contributed by atoms with van der Waals surface area (Å²) in [6, 6.07) is 3.12. The number of thiophene rings is 1. The maximum absolute atomic E-state index is 13.7. The minimum absolute atomic E-state index is 0.170. The van der Waals surface area contributed by atoms with Gasteiger partial charge >= 0.3 is 0 Å². The molecule has 0 saturated carbocycles. The van der Waals surface area contributed by atoms with Crippen LogP contribution in [0.3, 0.4) is 0 Å². The van der Waals surface area contributed by atoms with Crippen LogP contribution in [0.25, 0.3) is 0 Å². The number of hydrogen-bond acceptors (Lipinski definition) is 5. The summed E-state index contributed by atoms with van der Waals surface area (Å²) >= 11 is 1.57. The predicted molar refractivity (Wildman–Crippen MR) is 123 cm³/mol. The zero-order valence-corrected chi connectivity index (χ0v) is 20.2. The van der Waals surface area contributed by atoms with E-state index in [-0.39, 0.29) is 23.6 Å². The standard InChI is InChI=1S/C24H33N3O4S/c1-6-23(4,5)26-21(29)19-24-10-9-16(31-24)17(18(24)22(30)27(19)13-14(2)3)20(28)25-12-15-8-7-11-32-15/h7-11,14,16-19H,6,12-13H2,1-5H3,(H,25,28)(H,26,29)/t16-,17-,18+,19+,24+/m1/s1. The lowest BCUT2D eigenvalue weighted by molar-refractivity contribution is -0.142. The molecular formula is C24H33N3O4S. The number of amides is 3. The molecule has 1 spiro atoms. The van der Waals surface area contributed by atoms with Crippen molar-refractivity contribution in [3.8, 4) is 0 Å². The fraction of sp³-hybridized carbons (Fsp3) is 0.625. The first kappa shape index (κ1) is 23.0. The molecule has 174 valence electrons. The van der Waals surface area contributed by atoms with Crippen molar-refractivity contribution in [2.24, 2.45) is 17.8 Å². The van der Waals surface area contributed by atoms with Crippen LogP contribution in [0, 0.1) is 17.8 Å². The average Bonchev–Trinajstić information content (AvgIpc) is 3.48. The summed E-state index contributed by atoms with van der Waals surface area (Å²) in [5.41, 5.74) is -1.51. The summed E-state index contributed by atoms with van der Waals surface area (Å²) in [7, 11) is 0. The van der Waals surface area contributed by atoms with Gasteiger partial charge in [0, 0.05) is 17.0 Å². The van der Waals surface area contributed by atoms with E-state index in [9.17, 15) is 14.4 Å². The summed E-state index contributed by atoms with van der Waals surface area (Å²) in [4.78, 5) is 43.1. The van der Waals surface area contributed by atoms with Crippen molar-refractivity contribution < 1.29 is 19.1 Å². The molecule has 1 aromatic heterocycles. The number of fused-ring (bicyclic) bond motifs is 1. The molecule has 0 aliphatic carbocycles. The molecule has 4 heterocycles. The lowest BCUT2D eigenvalue weighted by Crippen LogP contribution is -2.58. The first-order chi connectivity index (χ1) is 15.1. The van der Waals surface area contributed by atoms with Gasteiger partial charge in [-0.1, -0.05) is 39.0 Å². The molecule has 5 atom stereocenters. The highest BCUT2D eigenvalue weighted by atomic mass is 32.1. The molecule has 1 aromatic rings. The number of likely N-dealkylation sites (tertiary alicyclic amines) is 1. The Morgan fingerprint density at radius 2 is 2.06 bits per heavy atom. The Morgan fingerprint density at radius 1 is 1.31 bits per heavy atom. The van der Waals surface area contributed by atoms with Crippen LogP contribution >= 0.6 is 11.3 Å². The average molecular weight is 460 g/mol. The molecule has 8 heteroatoms. The van der Waals surface area contributed by atoms with Gasteiger partial charge in [-0.05, 0) is 37.6 Å². The van der Waals surface area contributed by atoms with Gasteiger partial charge in [-0.2, -0.15) is 0 Å². The monoisotopic (exact) mass is 459 g/mol. The molecule has 2 saturated heterocycles. The topological polar surface area (TPSA) is 87.7 Å². The summed E-state index contributed by atoms with van der Waals surface area (Å²) in [6.07, 6.45) is 3.96. The molecule has 0 unspecified atom stereocenters. The molecule has 32 heavy (non-hydrogen) atoms. The minimum Gasteiger partial charge on any atom is -0.359 e. The van der Waals surface area contributed by atoms with Crippen LogP contribution in [0.1, 0.15) is 45.9 Å². The number of rotatable bonds is 8. The zero-order valence-electron chi connectivity index (χ0n) is 19.4. The van der Waals surface area contributed by atoms with Crippen molar-refractivity contribution in [1.82, 2.24) is 15.5 Å². The fourth-order valence-electron chi connectivity index (χ4n) is 5.05. The second-order valence-corrected chi connectivity index (χ2v) is 11.1. The molecule has 4 rings (SSSR count). The Morgan fingerprint density at radius 3 is 2.69 bits per heavy atom. The molecule has 0 radical (unpaired) electrons. The van der Waals surface area contributed by atoms with Gasteiger partial charge in [-0.15, -0.1) is 11.3 Å². The summed E-state index contributed by atoms with van der Waals surface area (Å²) < 4.78 is 6.33. The largest absolute Gasteiger partial charge is 0.359 e. The first-order valence-corrected chi connectivity index (χ1v) is 12.3. The quantitative estimate of drug-likeness (QED) is 0.585. The number of ether oxygens (including phenoxy) is 1. The Balaban J connectivity index is 1.63. The van der Waals surface area contributed by atoms with Crippen molar-refractivity contribution in [2.75, 3.05) is 6.54 Å². The smallest absolute Gasteiger partial charge is 0.246 e. The molecule has 0 aromatic carbocycles. The number of carbonyl (C=O) groups is 3. The maximum atomic E-state index is 13.7. The highest BCUT2D eigenvalue weighted by molar-refractivity contribution is 7.09. The first-order valence-electron chi connectivity index (χ1n) is 11.4. The van der Waals surface area contributed by atoms with Crippen LogP contribution in [0.4, 0.5) is 0 Å². The number of nitrogens with zero attached hydrogens (tertiary/aromatic N) is 1. The van der Waals surface area contributed by atoms with E-state index in [2.05, 4.69) is 10.6 Å². The van der Waals surface area contributed by atoms with Crippen molar-refractivity contribution in [2.45, 2.75) is 70.9 Å². The van der Waals surface area contributed by atoms with E-state index in [0.29, 0.717) is 13.1 Å². The minimum atomic E-state index is -1.10. The lowest BCUT2D eigenvalue weighted by atomic mass is 9.74. The van der Waals surface area contributed by atoms with Gasteiger partial charge < -0.3 is 20.3 Å². The van der Waals surface area contributed by atoms with Crippen molar-refractivity contribution in [3.63, 3.8) is 0 Å². The molecule has 3 aliphatic rings. The second-order valence-electron chi connectivity index (χ2n) is 10.1. The van der Waals surface area contributed by atoms with Crippen LogP contribution in [-0.2, 0) is 25.7 Å². The molecule has 7 nitrogen and oxygen atoms in total. The Bertz CT molecular complexity index is 926. The van der Waals surface area contributed by atoms with Crippen molar-refractivity contribution >= 4 is 29.1 Å². The third kappa shape index (κ3) is 3.77. The zero-order chi connectivity index (χ0) is 23.3. The molecule has 3 aliphatic heterocycles. The van der Waals surface area contributed by atoms with Gasteiger partial charge in [0.1, 0.15) is 11.6 Å². The third-order valence-corrected chi connectivity index (χ3v) is 7.73. The normalized spacial score (nSPS) is 30.8. The lowest BCUT2D eigenvalue weighted by Gasteiger charge is -2.35. The Labute approximate surface area is 193 Å². The van der Waals surface area contributed by atoms with E-state index in [4.69, 9.17) is 4.74 Å². The highest BCUT2D eigenvalue weighted by Crippen LogP contribution is 2.55. The van der Waals surface area contributed by atoms with E-state index in [0.717, 1.165) is 11.3 Å². The van der Waals surface area contributed by atoms with E-state index in [1.54, 1.807) is 16.2 Å². The van der Waals surface area contributed by atoms with Crippen LogP contribution in [0.2, 0.25) is 0 Å². The highest BCUT2D eigenvalue weighted by Gasteiger charge is 2.72. The van der Waals surface area contributed by atoms with Gasteiger partial charge in [-0.25, -0.2) is 0 Å². The van der Waals surface area contributed by atoms with Crippen molar-refractivity contribution in [1.29, 1.82) is 0 Å². The summed E-state index contributed by atoms with van der Waals surface area (Å²) in [5, 5.41) is 8.04. The molecule has 3 amide bonds. The number of hydrogen-bond donors (Lipinski definition) is 2. The van der Waals surface area contributed by atoms with Gasteiger partial charge in [0.2, 0.25) is 17.7 Å². The van der Waals surface area contributed by atoms with Crippen LogP contribution in [0.5, 0.6) is 0 Å². The van der Waals surface area contributed by atoms with E-state index in [1.165, 1.54) is 0 Å². The van der Waals surface area contributed by atoms with Gasteiger partial charge in [-0.3, -0.25) is 14.4 Å². The van der Waals surface area contributed by atoms with E-state index in [1.807, 2.05) is 64.3 Å². The van der Waals surface area contributed by atoms with Gasteiger partial charge in [0.15, 0.2) is 0 Å². The van der Waals surface area contributed by atoms with Gasteiger partial charge in [0.25, 0.3) is 0 Å². The molecule has 2 fully saturated rings. The van der Waals surface area contributed by atoms with E-state index < -0.39 is 35.1 Å². The number of nitrogens with one attached hydrogen (secondary N) is 2. The third-order valence-electron chi connectivity index (χ3n) is 6.85. The van der Waals surface area contributed by atoms with Gasteiger partial charge in [0.05, 0.1) is 24.5 Å². The summed E-state index contributed by atoms with van der Waals surface area (Å²) in [6.45, 7) is 10.8. The van der Waals surface area contributed by atoms with Crippen LogP contribution in [-0.4, -0.2) is 52.5 Å². The molecular weight excluding hydrogens is 426 g/mol. The van der Waals surface area contributed by atoms with E-state index >= 15 is 0 Å². The maximum Gasteiger partial charge on any atom is 0.246 e. The Hall–Kier alpha value is -2.19. The van der Waals surface area contributed by atoms with Crippen LogP contribution < -0.4 is 10.6 Å². The number of carbonyl (C=O) groups excluding carboxylic acids is 3. The molecule has 2 N–H and O–H groups in total. The second kappa shape index (κ2) is 8.30. The SMILES string of the molecule is CCC(C)(C)NC(=O)[C@@H]1N(CC(C)C)C(=O)[C@@H]2[C@H](C(=O)NCc3cccs3)[C@H]3C=C[C@]21O3. The summed E-state index contributed by atoms with van der Waals surface area (Å²) in [5.74, 6) is -1.75. The molecule has 2 bridgehead atoms. The van der Waals surface area contributed by atoms with Crippen molar-refractivity contribution in [3.05, 3.63) is 34.5 Å².